The molecule has 0 aliphatic carbocycles. The van der Waals surface area contributed by atoms with E-state index in [9.17, 15) is 8.78 Å². The Morgan fingerprint density at radius 2 is 1.52 bits per heavy atom. The molecule has 9 heteroatoms. The van der Waals surface area contributed by atoms with Crippen LogP contribution in [-0.4, -0.2) is 20.1 Å². The van der Waals surface area contributed by atoms with Gasteiger partial charge in [0.2, 0.25) is 0 Å². The van der Waals surface area contributed by atoms with Gasteiger partial charge in [-0.25, -0.2) is 8.78 Å². The molecule has 0 saturated carbocycles. The maximum absolute atomic E-state index is 13.4. The van der Waals surface area contributed by atoms with Gasteiger partial charge in [-0.05, 0) is 24.3 Å². The van der Waals surface area contributed by atoms with Gasteiger partial charge in [-0.1, -0.05) is 23.2 Å². The Kier molecular flexibility index (Phi) is 7.43. The minimum absolute atomic E-state index is 0.0127. The summed E-state index contributed by atoms with van der Waals surface area (Å²) in [5.41, 5.74) is 5.05. The van der Waals surface area contributed by atoms with Crippen molar-refractivity contribution in [1.82, 2.24) is 0 Å². The van der Waals surface area contributed by atoms with Gasteiger partial charge in [0.15, 0.2) is 23.1 Å². The van der Waals surface area contributed by atoms with Gasteiger partial charge in [0.1, 0.15) is 11.9 Å². The first kappa shape index (κ1) is 20.5. The van der Waals surface area contributed by atoms with E-state index in [1.807, 2.05) is 0 Å². The van der Waals surface area contributed by atoms with E-state index in [4.69, 9.17) is 44.3 Å². The molecule has 0 spiro atoms. The Morgan fingerprint density at radius 3 is 1.96 bits per heavy atom. The third kappa shape index (κ3) is 4.72. The van der Waals surface area contributed by atoms with Crippen LogP contribution in [0.5, 0.6) is 11.5 Å². The Morgan fingerprint density at radius 1 is 1.04 bits per heavy atom. The average Bonchev–Trinajstić information content (AvgIpc) is 2.56. The van der Waals surface area contributed by atoms with Crippen molar-refractivity contribution < 1.29 is 18.3 Å². The number of ether oxygens (including phenoxy) is 2. The highest BCUT2D eigenvalue weighted by Gasteiger charge is 2.14. The third-order valence-corrected chi connectivity index (χ3v) is 3.51. The lowest BCUT2D eigenvalue weighted by Gasteiger charge is -2.07. The molecule has 0 amide bonds. The Hall–Kier alpha value is -2.56. The monoisotopic (exact) mass is 387 g/mol. The fourth-order valence-corrected chi connectivity index (χ4v) is 2.18. The van der Waals surface area contributed by atoms with Gasteiger partial charge in [-0.15, -0.1) is 0 Å². The van der Waals surface area contributed by atoms with Crippen LogP contribution in [0.15, 0.2) is 24.3 Å². The van der Waals surface area contributed by atoms with E-state index in [1.54, 1.807) is 6.07 Å². The lowest BCUT2D eigenvalue weighted by atomic mass is 10.2. The Labute approximate surface area is 153 Å². The van der Waals surface area contributed by atoms with Crippen LogP contribution in [0.4, 0.5) is 8.78 Å². The average molecular weight is 388 g/mol. The minimum Gasteiger partial charge on any atom is -0.492 e. The zero-order valence-corrected chi connectivity index (χ0v) is 14.7. The van der Waals surface area contributed by atoms with Gasteiger partial charge in [0.05, 0.1) is 35.4 Å². The van der Waals surface area contributed by atoms with Crippen LogP contribution in [0.2, 0.25) is 10.0 Å². The number of nitrogens with zero attached hydrogens (tertiary/aromatic N) is 1. The Bertz CT molecular complexity index is 839. The van der Waals surface area contributed by atoms with Gasteiger partial charge in [0, 0.05) is 0 Å². The standard InChI is InChI=1S/C8H8ClFN2O.C8H5ClFNO/c1-13-7-5(9)3-2-4(6(7)10)8(11)12;1-12-8-6(9)3-2-5(4-11)7(8)10/h2-3H,1H3,(H3,11,12);2-3H,1H3. The molecule has 0 atom stereocenters. The van der Waals surface area contributed by atoms with Crippen LogP contribution < -0.4 is 15.2 Å². The smallest absolute Gasteiger partial charge is 0.184 e. The first-order valence-corrected chi connectivity index (χ1v) is 7.32. The van der Waals surface area contributed by atoms with Crippen LogP contribution in [-0.2, 0) is 0 Å². The van der Waals surface area contributed by atoms with Crippen LogP contribution in [0.25, 0.3) is 0 Å². The molecule has 2 aromatic rings. The number of hydrogen-bond donors (Lipinski definition) is 2. The van der Waals surface area contributed by atoms with Crippen molar-refractivity contribution in [3.05, 3.63) is 57.1 Å². The summed E-state index contributed by atoms with van der Waals surface area (Å²) in [6.07, 6.45) is 0. The summed E-state index contributed by atoms with van der Waals surface area (Å²) in [4.78, 5) is 0. The predicted molar refractivity (Wildman–Crippen MR) is 91.7 cm³/mol. The summed E-state index contributed by atoms with van der Waals surface area (Å²) in [5.74, 6) is -1.95. The fraction of sp³-hybridized carbons (Fsp3) is 0.125. The first-order valence-electron chi connectivity index (χ1n) is 6.56. The maximum Gasteiger partial charge on any atom is 0.184 e. The summed E-state index contributed by atoms with van der Waals surface area (Å²) in [5, 5.41) is 15.8. The van der Waals surface area contributed by atoms with Crippen molar-refractivity contribution in [2.75, 3.05) is 14.2 Å². The number of methoxy groups -OCH3 is 2. The molecule has 0 saturated heterocycles. The number of nitrogens with one attached hydrogen (secondary N) is 1. The fourth-order valence-electron chi connectivity index (χ4n) is 1.73. The normalized spacial score (nSPS) is 9.48. The summed E-state index contributed by atoms with van der Waals surface area (Å²) in [6.45, 7) is 0. The molecule has 2 aromatic carbocycles. The molecular formula is C16H13Cl2F2N3O2. The van der Waals surface area contributed by atoms with Crippen molar-refractivity contribution in [3.8, 4) is 17.6 Å². The van der Waals surface area contributed by atoms with Crippen LogP contribution in [0.3, 0.4) is 0 Å². The Balaban J connectivity index is 0.000000251. The van der Waals surface area contributed by atoms with Crippen LogP contribution >= 0.6 is 23.2 Å². The van der Waals surface area contributed by atoms with Crippen molar-refractivity contribution in [2.24, 2.45) is 5.73 Å². The first-order chi connectivity index (χ1) is 11.8. The molecular weight excluding hydrogens is 375 g/mol. The summed E-state index contributed by atoms with van der Waals surface area (Å²) < 4.78 is 35.8. The summed E-state index contributed by atoms with van der Waals surface area (Å²) in [7, 11) is 2.60. The van der Waals surface area contributed by atoms with Gasteiger partial charge < -0.3 is 15.2 Å². The van der Waals surface area contributed by atoms with Gasteiger partial charge >= 0.3 is 0 Å². The zero-order chi connectivity index (χ0) is 19.1. The number of hydrogen-bond acceptors (Lipinski definition) is 4. The second-order valence-corrected chi connectivity index (χ2v) is 5.22. The molecule has 2 rings (SSSR count). The maximum atomic E-state index is 13.4. The van der Waals surface area contributed by atoms with E-state index >= 15 is 0 Å². The minimum atomic E-state index is -0.715. The van der Waals surface area contributed by atoms with Crippen molar-refractivity contribution in [3.63, 3.8) is 0 Å². The van der Waals surface area contributed by atoms with Crippen LogP contribution in [0, 0.1) is 28.4 Å². The van der Waals surface area contributed by atoms with E-state index in [0.717, 1.165) is 0 Å². The van der Waals surface area contributed by atoms with Crippen molar-refractivity contribution >= 4 is 29.0 Å². The summed E-state index contributed by atoms with van der Waals surface area (Å²) >= 11 is 11.2. The number of nitrogen functional groups attached to an aromatic ring is 1. The van der Waals surface area contributed by atoms with E-state index in [-0.39, 0.29) is 38.5 Å². The van der Waals surface area contributed by atoms with Crippen LogP contribution in [0.1, 0.15) is 11.1 Å². The quantitative estimate of drug-likeness (QED) is 0.611. The molecule has 132 valence electrons. The number of benzene rings is 2. The van der Waals surface area contributed by atoms with Gasteiger partial charge in [-0.2, -0.15) is 5.26 Å². The molecule has 0 aliphatic heterocycles. The molecule has 0 unspecified atom stereocenters. The second kappa shape index (κ2) is 9.06. The number of rotatable bonds is 3. The summed E-state index contributed by atoms with van der Waals surface area (Å²) in [6, 6.07) is 7.17. The molecule has 25 heavy (non-hydrogen) atoms. The second-order valence-electron chi connectivity index (χ2n) is 4.41. The molecule has 0 heterocycles. The number of nitriles is 1. The van der Waals surface area contributed by atoms with Crippen molar-refractivity contribution in [2.45, 2.75) is 0 Å². The SMILES string of the molecule is COc1c(Cl)ccc(C#N)c1F.COc1c(Cl)ccc(C(=N)N)c1F. The topological polar surface area (TPSA) is 92.1 Å². The highest BCUT2D eigenvalue weighted by Crippen LogP contribution is 2.30. The highest BCUT2D eigenvalue weighted by atomic mass is 35.5. The lowest BCUT2D eigenvalue weighted by Crippen LogP contribution is -2.13. The molecule has 0 aliphatic rings. The highest BCUT2D eigenvalue weighted by molar-refractivity contribution is 6.32. The molecule has 0 bridgehead atoms. The molecule has 0 fully saturated rings. The van der Waals surface area contributed by atoms with Gasteiger partial charge in [0.25, 0.3) is 0 Å². The largest absolute Gasteiger partial charge is 0.492 e. The molecule has 5 nitrogen and oxygen atoms in total. The molecule has 3 N–H and O–H groups in total. The number of halogens is 4. The third-order valence-electron chi connectivity index (χ3n) is 2.92. The lowest BCUT2D eigenvalue weighted by molar-refractivity contribution is 0.386. The van der Waals surface area contributed by atoms with E-state index < -0.39 is 11.6 Å². The number of nitrogens with two attached hydrogens (primary N) is 1. The van der Waals surface area contributed by atoms with Gasteiger partial charge in [-0.3, -0.25) is 5.41 Å². The predicted octanol–water partition coefficient (Wildman–Crippen LogP) is 4.13. The number of amidine groups is 1. The molecule has 0 aromatic heterocycles. The van der Waals surface area contributed by atoms with Crippen molar-refractivity contribution in [1.29, 1.82) is 10.7 Å². The zero-order valence-electron chi connectivity index (χ0n) is 13.2. The van der Waals surface area contributed by atoms with E-state index in [0.29, 0.717) is 0 Å². The van der Waals surface area contributed by atoms with E-state index in [2.05, 4.69) is 4.74 Å². The van der Waals surface area contributed by atoms with E-state index in [1.165, 1.54) is 38.5 Å². The molecule has 0 radical (unpaired) electrons.